The molecule has 0 aromatic heterocycles. The summed E-state index contributed by atoms with van der Waals surface area (Å²) >= 11 is 0. The summed E-state index contributed by atoms with van der Waals surface area (Å²) in [5.41, 5.74) is -7.03. The molecule has 0 aromatic rings. The van der Waals surface area contributed by atoms with Gasteiger partial charge < -0.3 is 30.6 Å². The zero-order valence-electron chi connectivity index (χ0n) is 11.8. The number of ketones is 3. The van der Waals surface area contributed by atoms with Crippen LogP contribution in [0, 0.1) is 0 Å². The lowest BCUT2D eigenvalue weighted by molar-refractivity contribution is -0.203. The fraction of sp³-hybridized carbons (Fsp3) is 0.750. The summed E-state index contributed by atoms with van der Waals surface area (Å²) in [5.74, 6) is -5.01. The van der Waals surface area contributed by atoms with Crippen molar-refractivity contribution >= 4 is 17.3 Å². The van der Waals surface area contributed by atoms with E-state index >= 15 is 0 Å². The molecule has 0 fully saturated rings. The van der Waals surface area contributed by atoms with E-state index in [0.717, 1.165) is 20.8 Å². The Kier molecular flexibility index (Phi) is 6.30. The van der Waals surface area contributed by atoms with Crippen molar-refractivity contribution in [2.75, 3.05) is 6.61 Å². The Hall–Kier alpha value is -1.23. The molecular formula is C12H20O9. The Bertz CT molecular complexity index is 406. The monoisotopic (exact) mass is 308 g/mol. The lowest BCUT2D eigenvalue weighted by atomic mass is 9.71. The summed E-state index contributed by atoms with van der Waals surface area (Å²) in [7, 11) is 0. The van der Waals surface area contributed by atoms with Crippen LogP contribution in [0.3, 0.4) is 0 Å². The van der Waals surface area contributed by atoms with Gasteiger partial charge in [-0.15, -0.1) is 0 Å². The van der Waals surface area contributed by atoms with Crippen LogP contribution in [0.4, 0.5) is 0 Å². The van der Waals surface area contributed by atoms with Gasteiger partial charge in [0.1, 0.15) is 18.3 Å². The topological polar surface area (TPSA) is 173 Å². The molecule has 0 aromatic carbocycles. The van der Waals surface area contributed by atoms with Crippen LogP contribution in [0.5, 0.6) is 0 Å². The van der Waals surface area contributed by atoms with E-state index in [-0.39, 0.29) is 0 Å². The molecule has 0 aliphatic heterocycles. The van der Waals surface area contributed by atoms with Gasteiger partial charge in [-0.25, -0.2) is 0 Å². The second-order valence-corrected chi connectivity index (χ2v) is 4.85. The lowest BCUT2D eigenvalue weighted by Gasteiger charge is -2.40. The lowest BCUT2D eigenvalue weighted by Crippen LogP contribution is -2.73. The Morgan fingerprint density at radius 2 is 1.10 bits per heavy atom. The van der Waals surface area contributed by atoms with Gasteiger partial charge in [-0.3, -0.25) is 14.4 Å². The van der Waals surface area contributed by atoms with Gasteiger partial charge in [0.05, 0.1) is 6.61 Å². The highest BCUT2D eigenvalue weighted by atomic mass is 16.4. The smallest absolute Gasteiger partial charge is 0.225 e. The van der Waals surface area contributed by atoms with Crippen molar-refractivity contribution in [2.45, 2.75) is 50.3 Å². The third-order valence-corrected chi connectivity index (χ3v) is 3.09. The first-order valence-corrected chi connectivity index (χ1v) is 6.10. The van der Waals surface area contributed by atoms with Crippen molar-refractivity contribution in [3.05, 3.63) is 0 Å². The van der Waals surface area contributed by atoms with Gasteiger partial charge >= 0.3 is 0 Å². The number of aliphatic hydroxyl groups excluding tert-OH is 4. The van der Waals surface area contributed by atoms with Crippen molar-refractivity contribution in [1.82, 2.24) is 0 Å². The molecule has 0 amide bonds. The Balaban J connectivity index is 6.30. The van der Waals surface area contributed by atoms with Crippen LogP contribution >= 0.6 is 0 Å². The van der Waals surface area contributed by atoms with Crippen LogP contribution in [0.2, 0.25) is 0 Å². The van der Waals surface area contributed by atoms with Crippen LogP contribution in [0.15, 0.2) is 0 Å². The first-order valence-electron chi connectivity index (χ1n) is 6.10. The van der Waals surface area contributed by atoms with Gasteiger partial charge in [0.15, 0.2) is 11.4 Å². The molecule has 0 spiro atoms. The van der Waals surface area contributed by atoms with E-state index in [0.29, 0.717) is 0 Å². The molecular weight excluding hydrogens is 288 g/mol. The van der Waals surface area contributed by atoms with Gasteiger partial charge in [0.25, 0.3) is 0 Å². The van der Waals surface area contributed by atoms with E-state index in [1.807, 2.05) is 0 Å². The second kappa shape index (κ2) is 6.69. The van der Waals surface area contributed by atoms with E-state index < -0.39 is 53.5 Å². The van der Waals surface area contributed by atoms with Crippen LogP contribution in [0.25, 0.3) is 0 Å². The minimum absolute atomic E-state index is 0.854. The van der Waals surface area contributed by atoms with Crippen LogP contribution < -0.4 is 0 Å². The average molecular weight is 308 g/mol. The highest BCUT2D eigenvalue weighted by molar-refractivity contribution is 6.18. The van der Waals surface area contributed by atoms with E-state index in [1.165, 1.54) is 0 Å². The minimum Gasteiger partial charge on any atom is -0.393 e. The summed E-state index contributed by atoms with van der Waals surface area (Å²) in [4.78, 5) is 35.6. The Morgan fingerprint density at radius 3 is 1.29 bits per heavy atom. The summed E-state index contributed by atoms with van der Waals surface area (Å²) in [5, 5.41) is 57.3. The van der Waals surface area contributed by atoms with Gasteiger partial charge in [-0.05, 0) is 20.8 Å². The molecule has 0 heterocycles. The molecule has 0 bridgehead atoms. The molecule has 0 rings (SSSR count). The molecule has 21 heavy (non-hydrogen) atoms. The average Bonchev–Trinajstić information content (AvgIpc) is 2.42. The zero-order chi connectivity index (χ0) is 17.2. The number of hydrogen-bond donors (Lipinski definition) is 6. The maximum absolute atomic E-state index is 11.9. The fourth-order valence-corrected chi connectivity index (χ4v) is 1.85. The number of carbonyl (C=O) groups is 3. The van der Waals surface area contributed by atoms with Gasteiger partial charge in [0.2, 0.25) is 17.2 Å². The molecule has 9 nitrogen and oxygen atoms in total. The summed E-state index contributed by atoms with van der Waals surface area (Å²) in [6.45, 7) is 0.994. The predicted molar refractivity (Wildman–Crippen MR) is 67.0 cm³/mol. The summed E-state index contributed by atoms with van der Waals surface area (Å²) in [6.07, 6.45) is -5.91. The zero-order valence-corrected chi connectivity index (χ0v) is 11.8. The van der Waals surface area contributed by atoms with Crippen molar-refractivity contribution in [1.29, 1.82) is 0 Å². The van der Waals surface area contributed by atoms with Crippen molar-refractivity contribution in [2.24, 2.45) is 0 Å². The molecule has 6 N–H and O–H groups in total. The third-order valence-electron chi connectivity index (χ3n) is 3.09. The number of hydrogen-bond acceptors (Lipinski definition) is 9. The van der Waals surface area contributed by atoms with E-state index in [1.54, 1.807) is 0 Å². The highest BCUT2D eigenvalue weighted by Crippen LogP contribution is 2.29. The molecule has 0 aliphatic carbocycles. The van der Waals surface area contributed by atoms with Crippen molar-refractivity contribution in [3.63, 3.8) is 0 Å². The molecule has 0 saturated heterocycles. The number of Topliss-reactive ketones (excluding diaryl/α,β-unsaturated/α-hetero) is 3. The van der Waals surface area contributed by atoms with Gasteiger partial charge in [-0.1, -0.05) is 0 Å². The normalized spacial score (nSPS) is 21.6. The summed E-state index contributed by atoms with van der Waals surface area (Å²) < 4.78 is 0. The third kappa shape index (κ3) is 3.18. The van der Waals surface area contributed by atoms with E-state index in [9.17, 15) is 45.0 Å². The number of carbonyl (C=O) groups excluding carboxylic acids is 3. The molecule has 0 radical (unpaired) electrons. The quantitative estimate of drug-likeness (QED) is 0.247. The largest absolute Gasteiger partial charge is 0.393 e. The SMILES string of the molecule is CC(O)C(=O)C(O)(CO)C(O)(C(=O)C(C)O)C(=O)C(C)O. The maximum Gasteiger partial charge on any atom is 0.225 e. The fourth-order valence-electron chi connectivity index (χ4n) is 1.85. The Morgan fingerprint density at radius 1 is 0.810 bits per heavy atom. The van der Waals surface area contributed by atoms with E-state index in [4.69, 9.17) is 0 Å². The molecule has 4 unspecified atom stereocenters. The molecule has 4 atom stereocenters. The molecule has 9 heteroatoms. The van der Waals surface area contributed by atoms with Crippen molar-refractivity contribution < 1.29 is 45.0 Å². The first kappa shape index (κ1) is 19.8. The standard InChI is InChI=1S/C12H20O9/c1-5(14)8(17)11(20,4-13)12(21,9(18)6(2)15)10(19)7(3)16/h5-7,13-16,20-21H,4H2,1-3H3. The second-order valence-electron chi connectivity index (χ2n) is 4.85. The van der Waals surface area contributed by atoms with Gasteiger partial charge in [-0.2, -0.15) is 0 Å². The first-order chi connectivity index (χ1) is 9.37. The van der Waals surface area contributed by atoms with Crippen molar-refractivity contribution in [3.8, 4) is 0 Å². The Labute approximate surface area is 120 Å². The van der Waals surface area contributed by atoms with Crippen LogP contribution in [-0.4, -0.2) is 84.1 Å². The molecule has 122 valence electrons. The summed E-state index contributed by atoms with van der Waals surface area (Å²) in [6, 6.07) is 0. The number of aliphatic hydroxyl groups is 6. The number of rotatable bonds is 8. The molecule has 0 saturated carbocycles. The highest BCUT2D eigenvalue weighted by Gasteiger charge is 2.65. The minimum atomic E-state index is -3.61. The van der Waals surface area contributed by atoms with E-state index in [2.05, 4.69) is 0 Å². The van der Waals surface area contributed by atoms with Crippen LogP contribution in [0.1, 0.15) is 20.8 Å². The predicted octanol–water partition coefficient (Wildman–Crippen LogP) is -3.71. The maximum atomic E-state index is 11.9. The molecule has 0 aliphatic rings. The van der Waals surface area contributed by atoms with Gasteiger partial charge in [0, 0.05) is 0 Å². The van der Waals surface area contributed by atoms with Crippen LogP contribution in [-0.2, 0) is 14.4 Å².